The molecule has 0 amide bonds. The van der Waals surface area contributed by atoms with Crippen LogP contribution >= 0.6 is 0 Å². The number of phenols is 2. The second-order valence-corrected chi connectivity index (χ2v) is 8.29. The molecule has 31 heavy (non-hydrogen) atoms. The summed E-state index contributed by atoms with van der Waals surface area (Å²) in [6.07, 6.45) is 5.70. The molecule has 2 N–H and O–H groups in total. The van der Waals surface area contributed by atoms with Crippen LogP contribution in [0, 0.1) is 0 Å². The Hall–Kier alpha value is -2.98. The van der Waals surface area contributed by atoms with E-state index < -0.39 is 0 Å². The van der Waals surface area contributed by atoms with Crippen molar-refractivity contribution < 1.29 is 14.9 Å². The quantitative estimate of drug-likeness (QED) is 0.514. The molecule has 1 heterocycles. The molecule has 0 aliphatic carbocycles. The monoisotopic (exact) mass is 417 g/mol. The summed E-state index contributed by atoms with van der Waals surface area (Å²) in [6.45, 7) is 4.05. The van der Waals surface area contributed by atoms with Gasteiger partial charge in [0.25, 0.3) is 0 Å². The van der Waals surface area contributed by atoms with Crippen molar-refractivity contribution in [2.75, 3.05) is 26.2 Å². The molecule has 4 rings (SSSR count). The van der Waals surface area contributed by atoms with Crippen LogP contribution in [0.15, 0.2) is 66.7 Å². The molecule has 1 aliphatic heterocycles. The molecule has 3 aromatic rings. The number of ether oxygens (including phenoxy) is 1. The minimum atomic E-state index is 0.284. The van der Waals surface area contributed by atoms with Crippen LogP contribution in [0.5, 0.6) is 17.2 Å². The first kappa shape index (κ1) is 21.3. The molecule has 4 heteroatoms. The van der Waals surface area contributed by atoms with Crippen molar-refractivity contribution >= 4 is 0 Å². The highest BCUT2D eigenvalue weighted by Crippen LogP contribution is 2.31. The van der Waals surface area contributed by atoms with E-state index in [-0.39, 0.29) is 11.5 Å². The van der Waals surface area contributed by atoms with Gasteiger partial charge in [0.1, 0.15) is 23.9 Å². The molecule has 0 spiro atoms. The Bertz CT molecular complexity index is 961. The van der Waals surface area contributed by atoms with E-state index in [1.807, 2.05) is 42.5 Å². The summed E-state index contributed by atoms with van der Waals surface area (Å²) in [7, 11) is 0. The predicted octanol–water partition coefficient (Wildman–Crippen LogP) is 5.41. The van der Waals surface area contributed by atoms with Crippen molar-refractivity contribution in [3.63, 3.8) is 0 Å². The van der Waals surface area contributed by atoms with Crippen molar-refractivity contribution in [2.24, 2.45) is 0 Å². The van der Waals surface area contributed by atoms with Gasteiger partial charge in [-0.15, -0.1) is 0 Å². The summed E-state index contributed by atoms with van der Waals surface area (Å²) in [5, 5.41) is 19.8. The number of likely N-dealkylation sites (tertiary alicyclic amines) is 1. The van der Waals surface area contributed by atoms with Gasteiger partial charge in [0.05, 0.1) is 0 Å². The van der Waals surface area contributed by atoms with Gasteiger partial charge < -0.3 is 14.9 Å². The van der Waals surface area contributed by atoms with Gasteiger partial charge in [-0.2, -0.15) is 0 Å². The fourth-order valence-corrected chi connectivity index (χ4v) is 4.13. The van der Waals surface area contributed by atoms with Crippen LogP contribution in [-0.4, -0.2) is 41.4 Å². The van der Waals surface area contributed by atoms with Crippen molar-refractivity contribution in [3.05, 3.63) is 77.9 Å². The van der Waals surface area contributed by atoms with E-state index in [1.54, 1.807) is 18.2 Å². The van der Waals surface area contributed by atoms with E-state index in [0.29, 0.717) is 6.61 Å². The summed E-state index contributed by atoms with van der Waals surface area (Å²) in [4.78, 5) is 2.47. The van der Waals surface area contributed by atoms with Crippen LogP contribution in [0.25, 0.3) is 11.1 Å². The molecular weight excluding hydrogens is 386 g/mol. The average molecular weight is 418 g/mol. The largest absolute Gasteiger partial charge is 0.508 e. The number of rotatable bonds is 8. The number of benzene rings is 3. The fraction of sp³-hybridized carbons (Fsp3) is 0.333. The highest BCUT2D eigenvalue weighted by molar-refractivity contribution is 5.71. The minimum absolute atomic E-state index is 0.284. The highest BCUT2D eigenvalue weighted by atomic mass is 16.5. The van der Waals surface area contributed by atoms with Crippen molar-refractivity contribution in [3.8, 4) is 28.4 Å². The summed E-state index contributed by atoms with van der Waals surface area (Å²) in [6, 6.07) is 21.1. The third-order valence-electron chi connectivity index (χ3n) is 5.99. The second-order valence-electron chi connectivity index (χ2n) is 8.29. The first-order chi connectivity index (χ1) is 15.2. The number of hydrogen-bond donors (Lipinski definition) is 2. The summed E-state index contributed by atoms with van der Waals surface area (Å²) >= 11 is 0. The lowest BCUT2D eigenvalue weighted by molar-refractivity contribution is 0.183. The zero-order valence-electron chi connectivity index (χ0n) is 18.0. The van der Waals surface area contributed by atoms with Gasteiger partial charge in [-0.05, 0) is 91.9 Å². The minimum Gasteiger partial charge on any atom is -0.508 e. The van der Waals surface area contributed by atoms with E-state index in [4.69, 9.17) is 4.74 Å². The number of hydrogen-bond acceptors (Lipinski definition) is 4. The van der Waals surface area contributed by atoms with Crippen molar-refractivity contribution in [1.29, 1.82) is 0 Å². The first-order valence-corrected chi connectivity index (χ1v) is 11.2. The number of piperidine rings is 1. The molecule has 4 nitrogen and oxygen atoms in total. The van der Waals surface area contributed by atoms with Crippen LogP contribution in [0.4, 0.5) is 0 Å². The number of aryl methyl sites for hydroxylation is 2. The van der Waals surface area contributed by atoms with Crippen molar-refractivity contribution in [2.45, 2.75) is 32.1 Å². The maximum atomic E-state index is 10.4. The van der Waals surface area contributed by atoms with E-state index in [0.717, 1.165) is 36.3 Å². The Labute approximate surface area is 184 Å². The molecule has 0 radical (unpaired) electrons. The molecule has 1 fully saturated rings. The summed E-state index contributed by atoms with van der Waals surface area (Å²) < 4.78 is 5.93. The number of aromatic hydroxyl groups is 2. The number of nitrogens with zero attached hydrogens (tertiary/aromatic N) is 1. The third-order valence-corrected chi connectivity index (χ3v) is 5.99. The lowest BCUT2D eigenvalue weighted by Gasteiger charge is -2.26. The molecule has 1 aliphatic rings. The Morgan fingerprint density at radius 1 is 0.742 bits per heavy atom. The lowest BCUT2D eigenvalue weighted by atomic mass is 9.98. The van der Waals surface area contributed by atoms with E-state index in [2.05, 4.69) is 11.0 Å². The van der Waals surface area contributed by atoms with Gasteiger partial charge in [0.2, 0.25) is 0 Å². The fourth-order valence-electron chi connectivity index (χ4n) is 4.13. The highest BCUT2D eigenvalue weighted by Gasteiger charge is 2.10. The molecule has 0 atom stereocenters. The Balaban J connectivity index is 1.35. The molecule has 0 unspecified atom stereocenters. The van der Waals surface area contributed by atoms with Gasteiger partial charge >= 0.3 is 0 Å². The molecule has 3 aromatic carbocycles. The van der Waals surface area contributed by atoms with Gasteiger partial charge in [-0.3, -0.25) is 4.90 Å². The zero-order chi connectivity index (χ0) is 21.5. The molecular formula is C27H31NO3. The van der Waals surface area contributed by atoms with Crippen molar-refractivity contribution in [1.82, 2.24) is 4.90 Å². The van der Waals surface area contributed by atoms with Gasteiger partial charge in [0, 0.05) is 12.1 Å². The van der Waals surface area contributed by atoms with Crippen LogP contribution < -0.4 is 4.74 Å². The molecule has 0 bridgehead atoms. The average Bonchev–Trinajstić information content (AvgIpc) is 2.81. The van der Waals surface area contributed by atoms with E-state index in [9.17, 15) is 10.2 Å². The molecule has 0 saturated carbocycles. The smallest absolute Gasteiger partial charge is 0.123 e. The summed E-state index contributed by atoms with van der Waals surface area (Å²) in [5.41, 5.74) is 4.16. The predicted molar refractivity (Wildman–Crippen MR) is 125 cm³/mol. The van der Waals surface area contributed by atoms with Crippen LogP contribution in [0.3, 0.4) is 0 Å². The molecule has 1 saturated heterocycles. The Morgan fingerprint density at radius 3 is 2.16 bits per heavy atom. The first-order valence-electron chi connectivity index (χ1n) is 11.2. The lowest BCUT2D eigenvalue weighted by Crippen LogP contribution is -2.33. The molecule has 0 aromatic heterocycles. The van der Waals surface area contributed by atoms with E-state index in [1.165, 1.54) is 43.5 Å². The second kappa shape index (κ2) is 10.4. The molecule has 162 valence electrons. The van der Waals surface area contributed by atoms with Gasteiger partial charge in [-0.1, -0.05) is 36.8 Å². The third kappa shape index (κ3) is 6.02. The Kier molecular flexibility index (Phi) is 7.11. The standard InChI is InChI=1S/C27H31NO3/c29-24-11-6-21(7-12-24)4-5-22-8-15-27(30)26(20-22)23-9-13-25(14-10-23)31-19-18-28-16-2-1-3-17-28/h6-15,20,29-30H,1-5,16-19H2. The van der Waals surface area contributed by atoms with Crippen LogP contribution in [-0.2, 0) is 12.8 Å². The zero-order valence-corrected chi connectivity index (χ0v) is 18.0. The van der Waals surface area contributed by atoms with Gasteiger partial charge in [-0.25, -0.2) is 0 Å². The van der Waals surface area contributed by atoms with Crippen LogP contribution in [0.2, 0.25) is 0 Å². The topological polar surface area (TPSA) is 52.9 Å². The van der Waals surface area contributed by atoms with Crippen LogP contribution in [0.1, 0.15) is 30.4 Å². The maximum absolute atomic E-state index is 10.4. The Morgan fingerprint density at radius 2 is 1.42 bits per heavy atom. The maximum Gasteiger partial charge on any atom is 0.123 e. The van der Waals surface area contributed by atoms with E-state index >= 15 is 0 Å². The number of phenolic OH excluding ortho intramolecular Hbond substituents is 2. The van der Waals surface area contributed by atoms with Gasteiger partial charge in [0.15, 0.2) is 0 Å². The summed E-state index contributed by atoms with van der Waals surface area (Å²) in [5.74, 6) is 1.44. The normalized spacial score (nSPS) is 14.5. The SMILES string of the molecule is Oc1ccc(CCc2ccc(O)c(-c3ccc(OCCN4CCCCC4)cc3)c2)cc1.